The molecule has 102 valence electrons. The molecule has 0 aromatic heterocycles. The second-order valence-corrected chi connectivity index (χ2v) is 2.47. The Morgan fingerprint density at radius 2 is 0.900 bits per heavy atom. The molecule has 0 aliphatic heterocycles. The second-order valence-electron chi connectivity index (χ2n) is 2.47. The maximum absolute atomic E-state index is 10.8. The summed E-state index contributed by atoms with van der Waals surface area (Å²) in [6.07, 6.45) is 3.36. The molecule has 0 N–H and O–H groups in total. The van der Waals surface area contributed by atoms with Crippen LogP contribution in [0, 0.1) is 35.9 Å². The van der Waals surface area contributed by atoms with Gasteiger partial charge in [0.05, 0.1) is 14.2 Å². The predicted molar refractivity (Wildman–Crippen MR) is 59.5 cm³/mol. The molecule has 0 aliphatic rings. The third-order valence-corrected chi connectivity index (χ3v) is 1.23. The van der Waals surface area contributed by atoms with Gasteiger partial charge in [0, 0.05) is 23.7 Å². The molecule has 0 bridgehead atoms. The van der Waals surface area contributed by atoms with Gasteiger partial charge >= 0.3 is 23.9 Å². The summed E-state index contributed by atoms with van der Waals surface area (Å²) in [7, 11) is 2.16. The molecule has 0 saturated carbocycles. The molecule has 0 aliphatic carbocycles. The molecule has 0 saturated heterocycles. The number of carbonyl (C=O) groups excluding carboxylic acids is 4. The van der Waals surface area contributed by atoms with Crippen LogP contribution in [0.5, 0.6) is 0 Å². The van der Waals surface area contributed by atoms with Crippen molar-refractivity contribution in [3.63, 3.8) is 0 Å². The van der Waals surface area contributed by atoms with Crippen LogP contribution >= 0.6 is 0 Å². The number of ether oxygens (including phenoxy) is 4. The Labute approximate surface area is 113 Å². The minimum absolute atomic E-state index is 0.931. The molecule has 20 heavy (non-hydrogen) atoms. The van der Waals surface area contributed by atoms with E-state index in [1.165, 1.54) is 0 Å². The van der Waals surface area contributed by atoms with Crippen molar-refractivity contribution in [2.24, 2.45) is 0 Å². The van der Waals surface area contributed by atoms with E-state index in [2.05, 4.69) is 18.9 Å². The molecule has 0 aromatic rings. The molecule has 0 heterocycles. The Morgan fingerprint density at radius 1 is 0.600 bits per heavy atom. The molecule has 0 fully saturated rings. The molecule has 0 aromatic carbocycles. The van der Waals surface area contributed by atoms with Gasteiger partial charge in [-0.15, -0.1) is 0 Å². The molecule has 0 amide bonds. The van der Waals surface area contributed by atoms with Crippen LogP contribution in [0.2, 0.25) is 0 Å². The van der Waals surface area contributed by atoms with Gasteiger partial charge in [0.15, 0.2) is 12.2 Å². The summed E-state index contributed by atoms with van der Waals surface area (Å²) < 4.78 is 16.5. The molecule has 0 unspecified atom stereocenters. The van der Waals surface area contributed by atoms with E-state index in [4.69, 9.17) is 0 Å². The standard InChI is InChI=1S/C12H6O8/c1-17-9(13)3-5-11(15)19-7-8-20-12(16)6-4-10(14)18-2/h1-2H3. The Balaban J connectivity index is 4.21. The van der Waals surface area contributed by atoms with Gasteiger partial charge in [0.25, 0.3) is 0 Å². The SMILES string of the molecule is COC(=O)C#CC(=O)OC#COC(=O)C#CC(=O)OC. The Morgan fingerprint density at radius 3 is 1.20 bits per heavy atom. The number of esters is 4. The van der Waals surface area contributed by atoms with Crippen LogP contribution in [0.3, 0.4) is 0 Å². The van der Waals surface area contributed by atoms with Crippen LogP contribution in [-0.4, -0.2) is 38.1 Å². The number of carbonyl (C=O) groups is 4. The number of hydrogen-bond donors (Lipinski definition) is 0. The first-order valence-electron chi connectivity index (χ1n) is 4.61. The lowest BCUT2D eigenvalue weighted by molar-refractivity contribution is -0.135. The van der Waals surface area contributed by atoms with Gasteiger partial charge in [-0.25, -0.2) is 19.2 Å². The monoisotopic (exact) mass is 278 g/mol. The second kappa shape index (κ2) is 9.58. The molecule has 8 heteroatoms. The van der Waals surface area contributed by atoms with Crippen LogP contribution in [0.4, 0.5) is 0 Å². The first-order chi connectivity index (χ1) is 9.49. The van der Waals surface area contributed by atoms with Crippen molar-refractivity contribution >= 4 is 23.9 Å². The van der Waals surface area contributed by atoms with Crippen LogP contribution < -0.4 is 0 Å². The third kappa shape index (κ3) is 8.68. The van der Waals surface area contributed by atoms with Crippen LogP contribution in [0.25, 0.3) is 0 Å². The zero-order valence-electron chi connectivity index (χ0n) is 10.3. The van der Waals surface area contributed by atoms with Gasteiger partial charge in [0.1, 0.15) is 0 Å². The van der Waals surface area contributed by atoms with E-state index in [1.54, 1.807) is 35.9 Å². The third-order valence-electron chi connectivity index (χ3n) is 1.23. The first kappa shape index (κ1) is 16.6. The van der Waals surface area contributed by atoms with Crippen molar-refractivity contribution in [2.45, 2.75) is 0 Å². The van der Waals surface area contributed by atoms with Crippen molar-refractivity contribution < 1.29 is 38.1 Å². The summed E-state index contributed by atoms with van der Waals surface area (Å²) in [6, 6.07) is 0. The fourth-order valence-corrected chi connectivity index (χ4v) is 0.492. The number of hydrogen-bond acceptors (Lipinski definition) is 8. The topological polar surface area (TPSA) is 105 Å². The highest BCUT2D eigenvalue weighted by molar-refractivity contribution is 5.99. The largest absolute Gasteiger partial charge is 0.459 e. The quantitative estimate of drug-likeness (QED) is 0.224. The molecular formula is C12H6O8. The minimum Gasteiger partial charge on any atom is -0.459 e. The minimum atomic E-state index is -1.15. The van der Waals surface area contributed by atoms with Gasteiger partial charge in [-0.2, -0.15) is 0 Å². The highest BCUT2D eigenvalue weighted by atomic mass is 16.6. The van der Waals surface area contributed by atoms with Crippen LogP contribution in [0.15, 0.2) is 0 Å². The lowest BCUT2D eigenvalue weighted by Gasteiger charge is -1.86. The zero-order chi connectivity index (χ0) is 15.4. The molecule has 0 spiro atoms. The first-order valence-corrected chi connectivity index (χ1v) is 4.61. The summed E-state index contributed by atoms with van der Waals surface area (Å²) in [4.78, 5) is 42.7. The van der Waals surface area contributed by atoms with E-state index in [0.29, 0.717) is 0 Å². The van der Waals surface area contributed by atoms with Crippen molar-refractivity contribution in [2.75, 3.05) is 14.2 Å². The molecule has 0 atom stereocenters. The van der Waals surface area contributed by atoms with Crippen LogP contribution in [0.1, 0.15) is 0 Å². The van der Waals surface area contributed by atoms with Gasteiger partial charge in [-0.3, -0.25) is 0 Å². The van der Waals surface area contributed by atoms with Crippen LogP contribution in [-0.2, 0) is 38.1 Å². The number of rotatable bonds is 0. The predicted octanol–water partition coefficient (Wildman–Crippen LogP) is -1.66. The lowest BCUT2D eigenvalue weighted by atomic mass is 10.6. The Kier molecular flexibility index (Phi) is 7.93. The fraction of sp³-hybridized carbons (Fsp3) is 0.167. The summed E-state index contributed by atoms with van der Waals surface area (Å²) in [5, 5.41) is 0. The summed E-state index contributed by atoms with van der Waals surface area (Å²) in [6.45, 7) is 0. The Hall–Kier alpha value is -3.44. The molecule has 0 rings (SSSR count). The normalized spacial score (nSPS) is 7.10. The van der Waals surface area contributed by atoms with Gasteiger partial charge in [-0.05, 0) is 0 Å². The molecule has 0 radical (unpaired) electrons. The van der Waals surface area contributed by atoms with E-state index in [1.807, 2.05) is 0 Å². The molecule has 8 nitrogen and oxygen atoms in total. The summed E-state index contributed by atoms with van der Waals surface area (Å²) >= 11 is 0. The van der Waals surface area contributed by atoms with E-state index >= 15 is 0 Å². The van der Waals surface area contributed by atoms with Crippen molar-refractivity contribution in [1.29, 1.82) is 0 Å². The smallest absolute Gasteiger partial charge is 0.399 e. The van der Waals surface area contributed by atoms with E-state index in [0.717, 1.165) is 14.2 Å². The maximum Gasteiger partial charge on any atom is 0.399 e. The van der Waals surface area contributed by atoms with E-state index in [9.17, 15) is 19.2 Å². The highest BCUT2D eigenvalue weighted by Crippen LogP contribution is 1.77. The molecular weight excluding hydrogens is 272 g/mol. The van der Waals surface area contributed by atoms with Gasteiger partial charge in [0.2, 0.25) is 0 Å². The summed E-state index contributed by atoms with van der Waals surface area (Å²) in [5.74, 6) is 2.91. The zero-order valence-corrected chi connectivity index (χ0v) is 10.3. The highest BCUT2D eigenvalue weighted by Gasteiger charge is 1.98. The van der Waals surface area contributed by atoms with E-state index < -0.39 is 23.9 Å². The maximum atomic E-state index is 10.8. The van der Waals surface area contributed by atoms with Crippen molar-refractivity contribution in [3.8, 4) is 35.9 Å². The average Bonchev–Trinajstić information content (AvgIpc) is 2.46. The van der Waals surface area contributed by atoms with Crippen molar-refractivity contribution in [3.05, 3.63) is 0 Å². The Bertz CT molecular complexity index is 545. The lowest BCUT2D eigenvalue weighted by Crippen LogP contribution is -2.01. The van der Waals surface area contributed by atoms with Crippen molar-refractivity contribution in [1.82, 2.24) is 0 Å². The van der Waals surface area contributed by atoms with E-state index in [-0.39, 0.29) is 0 Å². The average molecular weight is 278 g/mol. The van der Waals surface area contributed by atoms with Gasteiger partial charge in [-0.1, -0.05) is 0 Å². The number of methoxy groups -OCH3 is 2. The fourth-order valence-electron chi connectivity index (χ4n) is 0.492. The van der Waals surface area contributed by atoms with Gasteiger partial charge < -0.3 is 18.9 Å². The summed E-state index contributed by atoms with van der Waals surface area (Å²) in [5.41, 5.74) is 0.